The average molecular weight is 601 g/mol. The van der Waals surface area contributed by atoms with Gasteiger partial charge in [0, 0.05) is 34.9 Å². The summed E-state index contributed by atoms with van der Waals surface area (Å²) in [6, 6.07) is 23.2. The van der Waals surface area contributed by atoms with Crippen molar-refractivity contribution in [1.82, 2.24) is 4.90 Å². The lowest BCUT2D eigenvalue weighted by Gasteiger charge is -2.36. The van der Waals surface area contributed by atoms with E-state index in [4.69, 9.17) is 9.47 Å². The lowest BCUT2D eigenvalue weighted by atomic mass is 10.0. The van der Waals surface area contributed by atoms with Crippen LogP contribution < -0.4 is 5.32 Å². The maximum Gasteiger partial charge on any atom is 0.471 e. The Morgan fingerprint density at radius 3 is 2.31 bits per heavy atom. The molecule has 0 spiro atoms. The molecule has 0 saturated carbocycles. The van der Waals surface area contributed by atoms with Gasteiger partial charge in [-0.15, -0.1) is 11.8 Å². The largest absolute Gasteiger partial charge is 0.471 e. The van der Waals surface area contributed by atoms with Crippen LogP contribution in [0.2, 0.25) is 0 Å². The molecule has 0 bridgehead atoms. The molecule has 2 saturated heterocycles. The highest BCUT2D eigenvalue weighted by Gasteiger charge is 2.47. The third-order valence-corrected chi connectivity index (χ3v) is 8.45. The van der Waals surface area contributed by atoms with Gasteiger partial charge in [0.2, 0.25) is 5.91 Å². The number of nitrogens with zero attached hydrogens (tertiary/aromatic N) is 1. The first kappa shape index (κ1) is 30.1. The second kappa shape index (κ2) is 13.3. The molecule has 2 fully saturated rings. The summed E-state index contributed by atoms with van der Waals surface area (Å²) < 4.78 is 51.6. The number of carbonyl (C=O) groups is 2. The number of hydrogen-bond acceptors (Lipinski definition) is 6. The van der Waals surface area contributed by atoms with Crippen molar-refractivity contribution in [3.05, 3.63) is 95.6 Å². The van der Waals surface area contributed by atoms with Crippen molar-refractivity contribution in [2.24, 2.45) is 0 Å². The van der Waals surface area contributed by atoms with Crippen molar-refractivity contribution in [2.45, 2.75) is 61.5 Å². The average Bonchev–Trinajstić information content (AvgIpc) is 3.50. The molecule has 3 aromatic rings. The number of halogens is 3. The monoisotopic (exact) mass is 600 g/mol. The van der Waals surface area contributed by atoms with E-state index in [0.717, 1.165) is 16.0 Å². The van der Waals surface area contributed by atoms with E-state index in [1.165, 1.54) is 0 Å². The van der Waals surface area contributed by atoms with Crippen LogP contribution in [-0.2, 0) is 25.7 Å². The normalized spacial score (nSPS) is 22.6. The second-order valence-electron chi connectivity index (χ2n) is 10.2. The smallest absolute Gasteiger partial charge is 0.392 e. The molecule has 0 aromatic heterocycles. The minimum atomic E-state index is -5.03. The zero-order valence-corrected chi connectivity index (χ0v) is 23.4. The third kappa shape index (κ3) is 7.33. The van der Waals surface area contributed by atoms with Gasteiger partial charge in [0.15, 0.2) is 6.29 Å². The number of ether oxygens (including phenoxy) is 2. The Morgan fingerprint density at radius 2 is 1.64 bits per heavy atom. The zero-order chi connectivity index (χ0) is 29.7. The predicted octanol–water partition coefficient (Wildman–Crippen LogP) is 6.01. The molecule has 0 unspecified atom stereocenters. The van der Waals surface area contributed by atoms with E-state index in [-0.39, 0.29) is 31.8 Å². The van der Waals surface area contributed by atoms with Crippen LogP contribution in [0, 0.1) is 0 Å². The Hall–Kier alpha value is -3.38. The van der Waals surface area contributed by atoms with Crippen LogP contribution in [-0.4, -0.2) is 52.4 Å². The van der Waals surface area contributed by atoms with Crippen LogP contribution in [0.15, 0.2) is 83.8 Å². The van der Waals surface area contributed by atoms with Crippen molar-refractivity contribution in [3.63, 3.8) is 0 Å². The molecule has 2 aliphatic rings. The number of aliphatic hydroxyl groups is 1. The van der Waals surface area contributed by atoms with Gasteiger partial charge in [-0.2, -0.15) is 13.2 Å². The molecule has 42 heavy (non-hydrogen) atoms. The number of hydrogen-bond donors (Lipinski definition) is 2. The summed E-state index contributed by atoms with van der Waals surface area (Å²) in [5.41, 5.74) is 2.88. The zero-order valence-electron chi connectivity index (χ0n) is 22.6. The van der Waals surface area contributed by atoms with Crippen molar-refractivity contribution in [3.8, 4) is 0 Å². The molecule has 0 radical (unpaired) electrons. The molecule has 2 amide bonds. The fraction of sp³-hybridized carbons (Fsp3) is 0.355. The Morgan fingerprint density at radius 1 is 0.952 bits per heavy atom. The molecule has 222 valence electrons. The van der Waals surface area contributed by atoms with Crippen LogP contribution in [0.5, 0.6) is 0 Å². The molecule has 2 aliphatic heterocycles. The van der Waals surface area contributed by atoms with E-state index in [0.29, 0.717) is 34.7 Å². The van der Waals surface area contributed by atoms with E-state index >= 15 is 0 Å². The van der Waals surface area contributed by atoms with Gasteiger partial charge in [0.05, 0.1) is 18.8 Å². The van der Waals surface area contributed by atoms with Gasteiger partial charge in [0.1, 0.15) is 6.04 Å². The number of thioether (sulfide) groups is 1. The first-order valence-corrected chi connectivity index (χ1v) is 14.7. The summed E-state index contributed by atoms with van der Waals surface area (Å²) >= 11 is 1.69. The quantitative estimate of drug-likeness (QED) is 0.308. The first-order chi connectivity index (χ1) is 20.2. The van der Waals surface area contributed by atoms with Crippen LogP contribution in [0.3, 0.4) is 0 Å². The standard InChI is InChI=1S/C31H31F3N2O5S/c32-31(33,34)30(39)36-16-4-7-26(36)28(38)35-23-14-12-22(13-15-23)29-40-24(19-42-25-5-2-1-3-6-25)17-27(41-29)21-10-8-20(18-37)9-11-21/h1-3,5-6,8-15,24,26-27,29,37H,4,7,16-19H2,(H,35,38)/t24-,26+,27+,29+/m1/s1. The van der Waals surface area contributed by atoms with Crippen molar-refractivity contribution in [2.75, 3.05) is 17.6 Å². The molecule has 2 heterocycles. The predicted molar refractivity (Wildman–Crippen MR) is 151 cm³/mol. The summed E-state index contributed by atoms with van der Waals surface area (Å²) in [5, 5.41) is 12.1. The van der Waals surface area contributed by atoms with Crippen molar-refractivity contribution in [1.29, 1.82) is 0 Å². The van der Waals surface area contributed by atoms with Crippen LogP contribution >= 0.6 is 11.8 Å². The summed E-state index contributed by atoms with van der Waals surface area (Å²) in [6.07, 6.45) is -4.98. The molecule has 5 rings (SSSR count). The molecular formula is C31H31F3N2O5S. The van der Waals surface area contributed by atoms with Crippen LogP contribution in [0.25, 0.3) is 0 Å². The van der Waals surface area contributed by atoms with Gasteiger partial charge in [-0.1, -0.05) is 54.6 Å². The molecule has 0 aliphatic carbocycles. The highest BCUT2D eigenvalue weighted by atomic mass is 32.2. The molecule has 4 atom stereocenters. The van der Waals surface area contributed by atoms with E-state index in [9.17, 15) is 27.9 Å². The van der Waals surface area contributed by atoms with Crippen LogP contribution in [0.1, 0.15) is 48.3 Å². The maximum absolute atomic E-state index is 13.0. The Balaban J connectivity index is 1.28. The highest BCUT2D eigenvalue weighted by molar-refractivity contribution is 7.99. The Kier molecular flexibility index (Phi) is 9.52. The number of nitrogens with one attached hydrogen (secondary N) is 1. The lowest BCUT2D eigenvalue weighted by Crippen LogP contribution is -2.48. The number of carbonyl (C=O) groups excluding carboxylic acids is 2. The van der Waals surface area contributed by atoms with E-state index in [1.807, 2.05) is 54.6 Å². The molecule has 3 aromatic carbocycles. The molecule has 7 nitrogen and oxygen atoms in total. The number of likely N-dealkylation sites (tertiary alicyclic amines) is 1. The summed E-state index contributed by atoms with van der Waals surface area (Å²) in [5.74, 6) is -1.95. The summed E-state index contributed by atoms with van der Waals surface area (Å²) in [6.45, 7) is -0.159. The van der Waals surface area contributed by atoms with Gasteiger partial charge in [-0.3, -0.25) is 9.59 Å². The number of amides is 2. The number of anilines is 1. The maximum atomic E-state index is 13.0. The number of rotatable bonds is 8. The van der Waals surface area contributed by atoms with E-state index in [1.54, 1.807) is 36.0 Å². The fourth-order valence-electron chi connectivity index (χ4n) is 5.12. The van der Waals surface area contributed by atoms with E-state index < -0.39 is 30.3 Å². The van der Waals surface area contributed by atoms with Gasteiger partial charge in [-0.25, -0.2) is 0 Å². The van der Waals surface area contributed by atoms with Crippen LogP contribution in [0.4, 0.5) is 18.9 Å². The summed E-state index contributed by atoms with van der Waals surface area (Å²) in [4.78, 5) is 26.3. The minimum Gasteiger partial charge on any atom is -0.392 e. The fourth-order valence-corrected chi connectivity index (χ4v) is 6.07. The molecule has 11 heteroatoms. The second-order valence-corrected chi connectivity index (χ2v) is 11.3. The first-order valence-electron chi connectivity index (χ1n) is 13.7. The Bertz CT molecular complexity index is 1360. The topological polar surface area (TPSA) is 88.1 Å². The number of alkyl halides is 3. The minimum absolute atomic E-state index is 0.0474. The lowest BCUT2D eigenvalue weighted by molar-refractivity contribution is -0.245. The van der Waals surface area contributed by atoms with Crippen molar-refractivity contribution < 1.29 is 37.3 Å². The van der Waals surface area contributed by atoms with Gasteiger partial charge >= 0.3 is 12.1 Å². The summed E-state index contributed by atoms with van der Waals surface area (Å²) in [7, 11) is 0. The molecule has 2 N–H and O–H groups in total. The third-order valence-electron chi connectivity index (χ3n) is 7.30. The SMILES string of the molecule is O=C(Nc1ccc([C@H]2O[C@@H](CSc3ccccc3)C[C@@H](c3ccc(CO)cc3)O2)cc1)[C@@H]1CCCN1C(=O)C(F)(F)F. The number of aliphatic hydroxyl groups excluding tert-OH is 1. The van der Waals surface area contributed by atoms with E-state index in [2.05, 4.69) is 5.32 Å². The highest BCUT2D eigenvalue weighted by Crippen LogP contribution is 2.39. The van der Waals surface area contributed by atoms with Gasteiger partial charge < -0.3 is 24.8 Å². The van der Waals surface area contributed by atoms with Crippen molar-refractivity contribution >= 4 is 29.3 Å². The Labute approximate surface area is 246 Å². The van der Waals surface area contributed by atoms with Gasteiger partial charge in [-0.05, 0) is 48.2 Å². The van der Waals surface area contributed by atoms with Gasteiger partial charge in [0.25, 0.3) is 0 Å². The molecular weight excluding hydrogens is 569 g/mol. The number of benzene rings is 3.